The van der Waals surface area contributed by atoms with Crippen molar-refractivity contribution in [3.63, 3.8) is 0 Å². The van der Waals surface area contributed by atoms with Gasteiger partial charge in [0.25, 0.3) is 0 Å². The summed E-state index contributed by atoms with van der Waals surface area (Å²) >= 11 is 15.5. The number of hydrogen-bond acceptors (Lipinski definition) is 12. The van der Waals surface area contributed by atoms with E-state index in [1.807, 2.05) is 57.3 Å². The number of benzene rings is 3. The van der Waals surface area contributed by atoms with E-state index in [0.29, 0.717) is 61.3 Å². The van der Waals surface area contributed by atoms with Crippen molar-refractivity contribution < 1.29 is 23.3 Å². The summed E-state index contributed by atoms with van der Waals surface area (Å²) < 4.78 is 39.4. The molecule has 2 aliphatic heterocycles. The summed E-state index contributed by atoms with van der Waals surface area (Å²) in [6.07, 6.45) is 6.42. The van der Waals surface area contributed by atoms with Crippen LogP contribution in [0.4, 0.5) is 10.2 Å². The number of hydrogen-bond donors (Lipinski definition) is 2. The summed E-state index contributed by atoms with van der Waals surface area (Å²) in [5, 5.41) is 7.92. The zero-order valence-corrected chi connectivity index (χ0v) is 34.9. The summed E-state index contributed by atoms with van der Waals surface area (Å²) in [6.45, 7) is 6.48. The molecule has 0 amide bonds. The molecule has 0 saturated heterocycles. The quantitative estimate of drug-likeness (QED) is 0.128. The van der Waals surface area contributed by atoms with Crippen molar-refractivity contribution in [2.45, 2.75) is 33.3 Å². The van der Waals surface area contributed by atoms with E-state index in [1.165, 1.54) is 29.8 Å². The number of rotatable bonds is 10. The first-order valence-electron chi connectivity index (χ1n) is 19.1. The third-order valence-electron chi connectivity index (χ3n) is 9.88. The number of pyridine rings is 1. The first-order valence-corrected chi connectivity index (χ1v) is 20.7. The predicted molar refractivity (Wildman–Crippen MR) is 231 cm³/mol. The van der Waals surface area contributed by atoms with E-state index in [0.717, 1.165) is 69.1 Å². The predicted octanol–water partition coefficient (Wildman–Crippen LogP) is 9.93. The second-order valence-electron chi connectivity index (χ2n) is 13.8. The highest BCUT2D eigenvalue weighted by atomic mass is 35.5. The van der Waals surface area contributed by atoms with Crippen LogP contribution in [0.3, 0.4) is 0 Å². The molecule has 2 aliphatic rings. The van der Waals surface area contributed by atoms with Gasteiger partial charge in [-0.1, -0.05) is 35.3 Å². The Bertz CT molecular complexity index is 2580. The van der Waals surface area contributed by atoms with Crippen molar-refractivity contribution in [2.24, 2.45) is 0 Å². The van der Waals surface area contributed by atoms with Crippen LogP contribution < -0.4 is 29.6 Å². The molecule has 11 nitrogen and oxygen atoms in total. The molecule has 7 aromatic rings. The van der Waals surface area contributed by atoms with Gasteiger partial charge in [0.2, 0.25) is 5.88 Å². The fourth-order valence-corrected chi connectivity index (χ4v) is 8.60. The van der Waals surface area contributed by atoms with Crippen LogP contribution in [-0.2, 0) is 13.0 Å². The third kappa shape index (κ3) is 8.74. The van der Waals surface area contributed by atoms with Crippen LogP contribution in [0.25, 0.3) is 43.2 Å². The summed E-state index contributed by atoms with van der Waals surface area (Å²) in [5.74, 6) is 3.06. The van der Waals surface area contributed by atoms with E-state index in [-0.39, 0.29) is 32.2 Å². The van der Waals surface area contributed by atoms with Gasteiger partial charge in [-0.2, -0.15) is 0 Å². The van der Waals surface area contributed by atoms with Gasteiger partial charge >= 0.3 is 0 Å². The van der Waals surface area contributed by atoms with Gasteiger partial charge in [0.15, 0.2) is 11.6 Å². The molecule has 2 N–H and O–H groups in total. The number of anilines is 1. The van der Waals surface area contributed by atoms with Crippen molar-refractivity contribution in [3.8, 4) is 56.1 Å². The van der Waals surface area contributed by atoms with E-state index in [2.05, 4.69) is 30.6 Å². The van der Waals surface area contributed by atoms with Crippen LogP contribution in [0.15, 0.2) is 79.4 Å². The zero-order chi connectivity index (χ0) is 40.9. The molecule has 0 spiro atoms. The van der Waals surface area contributed by atoms with Crippen molar-refractivity contribution in [1.29, 1.82) is 0 Å². The number of aromatic nitrogens is 5. The largest absolute Gasteiger partial charge is 0.490 e. The zero-order valence-electron chi connectivity index (χ0n) is 32.6. The Morgan fingerprint density at radius 2 is 1.63 bits per heavy atom. The van der Waals surface area contributed by atoms with E-state index in [1.54, 1.807) is 24.5 Å². The molecule has 0 saturated carbocycles. The lowest BCUT2D eigenvalue weighted by molar-refractivity contribution is 0.216. The van der Waals surface area contributed by atoms with Crippen molar-refractivity contribution in [1.82, 2.24) is 30.2 Å². The Morgan fingerprint density at radius 3 is 2.41 bits per heavy atom. The first-order chi connectivity index (χ1) is 28.8. The van der Waals surface area contributed by atoms with Gasteiger partial charge in [-0.15, -0.1) is 11.3 Å². The van der Waals surface area contributed by atoms with Crippen LogP contribution in [0.2, 0.25) is 10.0 Å². The van der Waals surface area contributed by atoms with E-state index < -0.39 is 0 Å². The first kappa shape index (κ1) is 40.2. The minimum absolute atomic E-state index is 0.191. The summed E-state index contributed by atoms with van der Waals surface area (Å²) in [6, 6.07) is 17.7. The second kappa shape index (κ2) is 18.1. The molecular formula is C44H40Cl2FN7O4S. The summed E-state index contributed by atoms with van der Waals surface area (Å²) in [7, 11) is 1.94. The maximum absolute atomic E-state index is 14.1. The molecule has 0 radical (unpaired) electrons. The molecule has 6 heterocycles. The minimum Gasteiger partial charge on any atom is -0.490 e. The van der Waals surface area contributed by atoms with Crippen LogP contribution in [0.5, 0.6) is 23.1 Å². The fourth-order valence-electron chi connectivity index (χ4n) is 6.92. The van der Waals surface area contributed by atoms with Gasteiger partial charge in [0.1, 0.15) is 54.1 Å². The van der Waals surface area contributed by atoms with Crippen LogP contribution in [-0.4, -0.2) is 64.9 Å². The Kier molecular flexibility index (Phi) is 12.3. The average Bonchev–Trinajstić information content (AvgIpc) is 3.64. The number of nitrogens with one attached hydrogen (secondary N) is 2. The average molecular weight is 853 g/mol. The Balaban J connectivity index is 1.09. The van der Waals surface area contributed by atoms with E-state index in [9.17, 15) is 4.39 Å². The van der Waals surface area contributed by atoms with Gasteiger partial charge in [0.05, 0.1) is 27.7 Å². The van der Waals surface area contributed by atoms with Gasteiger partial charge in [-0.25, -0.2) is 29.3 Å². The molecule has 9 rings (SSSR count). The Hall–Kier alpha value is -5.60. The monoisotopic (exact) mass is 851 g/mol. The number of thiophene rings is 1. The topological polar surface area (TPSA) is 125 Å². The van der Waals surface area contributed by atoms with Gasteiger partial charge < -0.3 is 29.6 Å². The highest BCUT2D eigenvalue weighted by Gasteiger charge is 2.28. The highest BCUT2D eigenvalue weighted by Crippen LogP contribution is 2.52. The van der Waals surface area contributed by atoms with Crippen LogP contribution in [0.1, 0.15) is 28.8 Å². The lowest BCUT2D eigenvalue weighted by Crippen LogP contribution is -2.13. The second-order valence-corrected chi connectivity index (χ2v) is 15.6. The molecule has 0 fully saturated rings. The molecule has 0 atom stereocenters. The van der Waals surface area contributed by atoms with Gasteiger partial charge in [-0.05, 0) is 105 Å². The lowest BCUT2D eigenvalue weighted by atomic mass is 9.92. The smallest absolute Gasteiger partial charge is 0.226 e. The number of halogens is 3. The van der Waals surface area contributed by atoms with Crippen molar-refractivity contribution in [3.05, 3.63) is 118 Å². The number of nitrogens with zero attached hydrogens (tertiary/aromatic N) is 5. The van der Waals surface area contributed by atoms with Crippen LogP contribution in [0, 0.1) is 19.7 Å². The number of fused-ring (bicyclic) bond motifs is 7. The molecule has 3 aromatic carbocycles. The Morgan fingerprint density at radius 1 is 0.831 bits per heavy atom. The van der Waals surface area contributed by atoms with Crippen molar-refractivity contribution in [2.75, 3.05) is 45.3 Å². The molecule has 4 aromatic heterocycles. The molecule has 59 heavy (non-hydrogen) atoms. The molecule has 302 valence electrons. The normalized spacial score (nSPS) is 12.7. The van der Waals surface area contributed by atoms with E-state index in [4.69, 9.17) is 47.1 Å². The Labute approximate surface area is 354 Å². The summed E-state index contributed by atoms with van der Waals surface area (Å²) in [5.41, 5.74) is 6.28. The maximum Gasteiger partial charge on any atom is 0.226 e. The van der Waals surface area contributed by atoms with Crippen LogP contribution >= 0.6 is 34.5 Å². The molecular weight excluding hydrogens is 812 g/mol. The standard InChI is InChI=1S/C44H40Cl2FN7O4S/c1-25-35-26(2)39(46)40(38(25)45)56-20-19-55-32-10-11-33(58-23-31-13-17-50-42(54-31)29-7-12-34(51-22-29)49-16-4-15-48-3)28(21-32)14-18-57-43-37-36(35)41(59-44(37)53-24-52-43)27-5-8-30(47)9-6-27/h5-13,17,21-22,24,48H,4,14-16,18-20,23H2,1-3H3,(H,49,51). The minimum atomic E-state index is -0.335. The highest BCUT2D eigenvalue weighted by molar-refractivity contribution is 7.22. The molecule has 4 bridgehead atoms. The fraction of sp³-hybridized carbons (Fsp3) is 0.250. The van der Waals surface area contributed by atoms with E-state index >= 15 is 0 Å². The van der Waals surface area contributed by atoms with Gasteiger partial charge in [-0.3, -0.25) is 0 Å². The van der Waals surface area contributed by atoms with Crippen molar-refractivity contribution >= 4 is 50.6 Å². The maximum atomic E-state index is 14.1. The lowest BCUT2D eigenvalue weighted by Gasteiger charge is -2.20. The number of ether oxygens (including phenoxy) is 4. The third-order valence-corrected chi connectivity index (χ3v) is 11.9. The molecule has 15 heteroatoms. The molecule has 0 unspecified atom stereocenters. The summed E-state index contributed by atoms with van der Waals surface area (Å²) in [4.78, 5) is 24.6. The van der Waals surface area contributed by atoms with Gasteiger partial charge in [0, 0.05) is 46.9 Å². The molecule has 0 aliphatic carbocycles. The SMILES string of the molecule is CNCCCNc1ccc(-c2nccc(COc3ccc4cc3CCOc3ncnc5sc(-c6ccc(F)cc6)c(c35)-c3c(C)c(Cl)c(c(Cl)c3C)OCCO4)n2)cn1.